The number of hydrogen-bond donors (Lipinski definition) is 1. The van der Waals surface area contributed by atoms with Gasteiger partial charge in [0.25, 0.3) is 0 Å². The summed E-state index contributed by atoms with van der Waals surface area (Å²) in [5, 5.41) is 12.2. The highest BCUT2D eigenvalue weighted by Gasteiger charge is 2.46. The quantitative estimate of drug-likeness (QED) is 0.578. The molecule has 1 aromatic rings. The second-order valence-electron chi connectivity index (χ2n) is 4.31. The number of esters is 1. The predicted octanol–water partition coefficient (Wildman–Crippen LogP) is 3.34. The number of ether oxygens (including phenoxy) is 1. The van der Waals surface area contributed by atoms with Crippen LogP contribution >= 0.6 is 0 Å². The average molecular weight is 386 g/mol. The first-order valence-corrected chi connectivity index (χ1v) is 6.70. The van der Waals surface area contributed by atoms with Gasteiger partial charge in [-0.1, -0.05) is 74.9 Å². The largest absolute Gasteiger partial charge is 0.450 e. The van der Waals surface area contributed by atoms with E-state index in [-0.39, 0.29) is 0 Å². The summed E-state index contributed by atoms with van der Waals surface area (Å²) in [4.78, 5) is 13.6. The van der Waals surface area contributed by atoms with Gasteiger partial charge in [-0.05, 0) is 31.3 Å². The van der Waals surface area contributed by atoms with Crippen LogP contribution in [0.1, 0.15) is 89.5 Å². The molecule has 0 saturated heterocycles. The standard InChI is InChI=1S/C22H31NO3/c1-3-23(4-2)17-11-12-18-26-21(24)22(25,19-13-7-5-8-14-19)20-15-9-6-10-16-20/h5,7-8,13-14,20,25H,3-4,6,9-10,15-18H2,1-2H3/i1D3,2D3,3D2,4D2,5D,6D2,7D,8D,9D2,10D2,13D,14D,15D2,16D2,18D2,20D. The number of carbonyl (C=O) groups excluding carboxylic acids is 1. The Labute approximate surface area is 196 Å². The lowest BCUT2D eigenvalue weighted by Crippen LogP contribution is -2.45. The van der Waals surface area contributed by atoms with E-state index >= 15 is 0 Å². The van der Waals surface area contributed by atoms with Gasteiger partial charge in [0.1, 0.15) is 0 Å². The van der Waals surface area contributed by atoms with Crippen molar-refractivity contribution >= 4 is 5.97 Å². The fourth-order valence-electron chi connectivity index (χ4n) is 1.60. The Kier molecular flexibility index (Phi) is 1.83. The minimum atomic E-state index is -4.97. The maximum absolute atomic E-state index is 14.0. The summed E-state index contributed by atoms with van der Waals surface area (Å²) in [7, 11) is 0. The van der Waals surface area contributed by atoms with E-state index in [4.69, 9.17) is 38.4 Å². The third-order valence-electron chi connectivity index (χ3n) is 2.81. The molecule has 1 N–H and O–H groups in total. The number of nitrogens with zero attached hydrogens (tertiary/aromatic N) is 1. The molecule has 1 atom stereocenters. The van der Waals surface area contributed by atoms with Crippen molar-refractivity contribution in [3.05, 3.63) is 35.8 Å². The van der Waals surface area contributed by atoms with E-state index in [0.29, 0.717) is 0 Å². The highest BCUT2D eigenvalue weighted by molar-refractivity contribution is 5.81. The van der Waals surface area contributed by atoms with Crippen molar-refractivity contribution in [1.82, 2.24) is 4.90 Å². The average Bonchev–Trinajstić information content (AvgIpc) is 2.97. The molecule has 1 aromatic carbocycles. The van der Waals surface area contributed by atoms with E-state index in [2.05, 4.69) is 4.74 Å². The highest BCUT2D eigenvalue weighted by atomic mass is 16.5. The molecule has 1 aliphatic carbocycles. The molecule has 0 heterocycles. The van der Waals surface area contributed by atoms with E-state index < -0.39 is 130 Å². The Bertz CT molecular complexity index is 1650. The van der Waals surface area contributed by atoms with Crippen LogP contribution in [0.25, 0.3) is 0 Å². The smallest absolute Gasteiger partial charge is 0.344 e. The number of aliphatic hydroxyl groups is 1. The van der Waals surface area contributed by atoms with Crippen molar-refractivity contribution in [3.8, 4) is 11.8 Å². The number of carbonyl (C=O) groups is 1. The van der Waals surface area contributed by atoms with Crippen LogP contribution in [-0.4, -0.2) is 42.1 Å². The highest BCUT2D eigenvalue weighted by Crippen LogP contribution is 2.40. The van der Waals surface area contributed by atoms with Crippen molar-refractivity contribution in [2.45, 2.75) is 51.2 Å². The van der Waals surface area contributed by atoms with E-state index in [1.165, 1.54) is 5.92 Å². The van der Waals surface area contributed by atoms with Crippen LogP contribution in [0.5, 0.6) is 0 Å². The van der Waals surface area contributed by atoms with Gasteiger partial charge in [-0.2, -0.15) is 0 Å². The molecule has 1 fully saturated rings. The molecule has 0 radical (unpaired) electrons. The number of hydrogen-bond acceptors (Lipinski definition) is 4. The normalized spacial score (nSPS) is 46.5. The van der Waals surface area contributed by atoms with Crippen LogP contribution in [0, 0.1) is 17.7 Å². The van der Waals surface area contributed by atoms with Crippen molar-refractivity contribution in [2.75, 3.05) is 26.1 Å². The second kappa shape index (κ2) is 10.4. The van der Waals surface area contributed by atoms with Crippen molar-refractivity contribution in [1.29, 1.82) is 0 Å². The molecule has 0 amide bonds. The van der Waals surface area contributed by atoms with Crippen LogP contribution in [0.4, 0.5) is 0 Å². The summed E-state index contributed by atoms with van der Waals surface area (Å²) < 4.78 is 229. The Morgan fingerprint density at radius 2 is 2.08 bits per heavy atom. The summed E-state index contributed by atoms with van der Waals surface area (Å²) in [5.74, 6) is -4.87. The molecule has 0 aliphatic heterocycles. The van der Waals surface area contributed by atoms with Gasteiger partial charge < -0.3 is 9.84 Å². The number of benzene rings is 1. The lowest BCUT2D eigenvalue weighted by atomic mass is 9.73. The summed E-state index contributed by atoms with van der Waals surface area (Å²) in [6, 6.07) is -7.72. The monoisotopic (exact) mass is 385 g/mol. The maximum atomic E-state index is 14.0. The fraction of sp³-hybridized carbons (Fsp3) is 0.591. The molecule has 1 aliphatic rings. The van der Waals surface area contributed by atoms with Crippen LogP contribution in [0.3, 0.4) is 0 Å². The van der Waals surface area contributed by atoms with E-state index in [0.717, 1.165) is 0 Å². The minimum absolute atomic E-state index is 0.462. The molecule has 142 valence electrons. The van der Waals surface area contributed by atoms with Crippen LogP contribution in [-0.2, 0) is 15.1 Å². The molecular weight excluding hydrogens is 326 g/mol. The summed E-state index contributed by atoms with van der Waals surface area (Å²) in [6.07, 6.45) is -22.6. The SMILES string of the molecule is [2H]c1c([2H])c([2H])c(C(O)(C(=O)OC([2H])([2H])C#CCN(C([2H])([2H])C([2H])([2H])[2H])C([2H])([2H])C([2H])([2H])[2H])C2([2H])C([2H])([2H])C([2H])([2H])C([2H])([2H])C([2H])([2H])C2([2H])[2H])c([2H])c1[2H]. The van der Waals surface area contributed by atoms with Crippen LogP contribution in [0.15, 0.2) is 30.2 Å². The van der Waals surface area contributed by atoms with Gasteiger partial charge >= 0.3 is 5.97 Å². The van der Waals surface area contributed by atoms with Crippen LogP contribution < -0.4 is 0 Å². The first-order valence-electron chi connectivity index (χ1n) is 20.7. The molecule has 1 unspecified atom stereocenters. The van der Waals surface area contributed by atoms with E-state index in [1.807, 2.05) is 0 Å². The molecule has 0 aromatic heterocycles. The van der Waals surface area contributed by atoms with E-state index in [9.17, 15) is 9.90 Å². The number of rotatable bonds is 7. The summed E-state index contributed by atoms with van der Waals surface area (Å²) in [5.41, 5.74) is -6.97. The Morgan fingerprint density at radius 1 is 1.38 bits per heavy atom. The molecule has 1 saturated carbocycles. The minimum Gasteiger partial charge on any atom is -0.450 e. The zero-order chi connectivity index (χ0) is 43.4. The molecule has 0 spiro atoms. The lowest BCUT2D eigenvalue weighted by molar-refractivity contribution is -0.174. The van der Waals surface area contributed by atoms with Gasteiger partial charge in [0.15, 0.2) is 12.2 Å². The van der Waals surface area contributed by atoms with Gasteiger partial charge in [-0.25, -0.2) is 4.79 Å². The molecule has 26 heavy (non-hydrogen) atoms. The molecule has 0 bridgehead atoms. The molecule has 4 heteroatoms. The van der Waals surface area contributed by atoms with E-state index in [1.54, 1.807) is 5.92 Å². The van der Waals surface area contributed by atoms with Crippen molar-refractivity contribution in [3.63, 3.8) is 0 Å². The second-order valence-corrected chi connectivity index (χ2v) is 4.31. The zero-order valence-corrected chi connectivity index (χ0v) is 12.9. The predicted molar refractivity (Wildman–Crippen MR) is 103 cm³/mol. The van der Waals surface area contributed by atoms with Gasteiger partial charge in [0.05, 0.1) is 16.1 Å². The lowest BCUT2D eigenvalue weighted by Gasteiger charge is -2.36. The third kappa shape index (κ3) is 5.09. The zero-order valence-electron chi connectivity index (χ0n) is 40.9. The first-order chi connectivity index (χ1) is 23.4. The first kappa shape index (κ1) is 4.59. The van der Waals surface area contributed by atoms with Crippen LogP contribution in [0.2, 0.25) is 0 Å². The molecule has 4 nitrogen and oxygen atoms in total. The molecular formula is C22H31NO3. The molecule has 2 rings (SSSR count). The van der Waals surface area contributed by atoms with Gasteiger partial charge in [-0.15, -0.1) is 0 Å². The van der Waals surface area contributed by atoms with Crippen molar-refractivity contribution < 1.29 is 53.0 Å². The van der Waals surface area contributed by atoms with Gasteiger partial charge in [0, 0.05) is 34.7 Å². The Morgan fingerprint density at radius 3 is 2.73 bits per heavy atom. The maximum Gasteiger partial charge on any atom is 0.344 e. The Hall–Kier alpha value is -1.83. The topological polar surface area (TPSA) is 49.8 Å². The van der Waals surface area contributed by atoms with Gasteiger partial charge in [-0.3, -0.25) is 4.90 Å². The third-order valence-corrected chi connectivity index (χ3v) is 2.81. The van der Waals surface area contributed by atoms with Gasteiger partial charge in [0.2, 0.25) is 0 Å². The fourth-order valence-corrected chi connectivity index (χ4v) is 1.60. The summed E-state index contributed by atoms with van der Waals surface area (Å²) >= 11 is 0. The Balaban J connectivity index is 3.06. The summed E-state index contributed by atoms with van der Waals surface area (Å²) in [6.45, 7) is -21.0. The van der Waals surface area contributed by atoms with Crippen molar-refractivity contribution in [2.24, 2.45) is 5.89 Å².